The molecule has 0 spiro atoms. The lowest BCUT2D eigenvalue weighted by Crippen LogP contribution is -2.29. The van der Waals surface area contributed by atoms with Gasteiger partial charge in [-0.2, -0.15) is 0 Å². The molecule has 0 aliphatic carbocycles. The van der Waals surface area contributed by atoms with Gasteiger partial charge in [0.25, 0.3) is 5.91 Å². The monoisotopic (exact) mass is 462 g/mol. The number of hydrogen-bond acceptors (Lipinski definition) is 5. The second kappa shape index (κ2) is 8.72. The van der Waals surface area contributed by atoms with E-state index in [2.05, 4.69) is 10.1 Å². The van der Waals surface area contributed by atoms with Gasteiger partial charge in [0.1, 0.15) is 5.69 Å². The van der Waals surface area contributed by atoms with E-state index in [0.717, 1.165) is 23.6 Å². The molecule has 0 saturated carbocycles. The van der Waals surface area contributed by atoms with Gasteiger partial charge in [-0.1, -0.05) is 23.7 Å². The SMILES string of the molecule is COC(=O)C(C)S(=O)(=O)c1ccc(C(C)NC(=O)c2cc3cc(Cl)ccc3n2C)cc1. The van der Waals surface area contributed by atoms with Crippen molar-refractivity contribution in [3.8, 4) is 0 Å². The Labute approximate surface area is 185 Å². The van der Waals surface area contributed by atoms with E-state index in [1.807, 2.05) is 6.07 Å². The summed E-state index contributed by atoms with van der Waals surface area (Å²) in [6, 6.07) is 12.9. The number of nitrogens with one attached hydrogen (secondary N) is 1. The van der Waals surface area contributed by atoms with Crippen molar-refractivity contribution in [1.82, 2.24) is 9.88 Å². The van der Waals surface area contributed by atoms with E-state index in [-0.39, 0.29) is 16.8 Å². The van der Waals surface area contributed by atoms with Crippen molar-refractivity contribution < 1.29 is 22.7 Å². The lowest BCUT2D eigenvalue weighted by molar-refractivity contribution is -0.139. The van der Waals surface area contributed by atoms with Gasteiger partial charge in [0, 0.05) is 23.0 Å². The highest BCUT2D eigenvalue weighted by Gasteiger charge is 2.30. The van der Waals surface area contributed by atoms with Crippen molar-refractivity contribution in [1.29, 1.82) is 0 Å². The Morgan fingerprint density at radius 3 is 2.32 bits per heavy atom. The summed E-state index contributed by atoms with van der Waals surface area (Å²) in [6.45, 7) is 3.09. The number of sulfone groups is 1. The predicted molar refractivity (Wildman–Crippen MR) is 119 cm³/mol. The van der Waals surface area contributed by atoms with Crippen LogP contribution in [0.2, 0.25) is 5.02 Å². The lowest BCUT2D eigenvalue weighted by atomic mass is 10.1. The molecule has 0 bridgehead atoms. The summed E-state index contributed by atoms with van der Waals surface area (Å²) in [5, 5.41) is 3.07. The topological polar surface area (TPSA) is 94.5 Å². The number of esters is 1. The average Bonchev–Trinajstić information content (AvgIpc) is 3.08. The van der Waals surface area contributed by atoms with E-state index in [4.69, 9.17) is 11.6 Å². The number of methoxy groups -OCH3 is 1. The second-order valence-electron chi connectivity index (χ2n) is 7.27. The van der Waals surface area contributed by atoms with Gasteiger partial charge in [0.15, 0.2) is 15.1 Å². The first kappa shape index (κ1) is 22.8. The number of hydrogen-bond donors (Lipinski definition) is 1. The molecule has 1 N–H and O–H groups in total. The number of aryl methyl sites for hydroxylation is 1. The fraction of sp³-hybridized carbons (Fsp3) is 0.273. The number of halogens is 1. The summed E-state index contributed by atoms with van der Waals surface area (Å²) in [5.41, 5.74) is 2.09. The average molecular weight is 463 g/mol. The molecule has 31 heavy (non-hydrogen) atoms. The Balaban J connectivity index is 1.78. The van der Waals surface area contributed by atoms with Gasteiger partial charge in [-0.3, -0.25) is 9.59 Å². The quantitative estimate of drug-likeness (QED) is 0.564. The van der Waals surface area contributed by atoms with Crippen LogP contribution in [-0.4, -0.2) is 37.2 Å². The number of benzene rings is 2. The van der Waals surface area contributed by atoms with E-state index >= 15 is 0 Å². The van der Waals surface area contributed by atoms with Crippen LogP contribution in [0.1, 0.15) is 35.9 Å². The molecule has 3 aromatic rings. The normalized spacial score (nSPS) is 13.6. The van der Waals surface area contributed by atoms with Crippen LogP contribution in [0.4, 0.5) is 0 Å². The molecule has 0 radical (unpaired) electrons. The van der Waals surface area contributed by atoms with Crippen LogP contribution in [0.5, 0.6) is 0 Å². The highest BCUT2D eigenvalue weighted by molar-refractivity contribution is 7.92. The summed E-state index contributed by atoms with van der Waals surface area (Å²) >= 11 is 6.04. The number of aromatic nitrogens is 1. The van der Waals surface area contributed by atoms with Gasteiger partial charge in [-0.15, -0.1) is 0 Å². The first-order chi connectivity index (χ1) is 14.6. The van der Waals surface area contributed by atoms with Gasteiger partial charge in [-0.05, 0) is 55.8 Å². The Morgan fingerprint density at radius 1 is 1.06 bits per heavy atom. The molecule has 0 fully saturated rings. The van der Waals surface area contributed by atoms with Crippen LogP contribution in [0, 0.1) is 0 Å². The van der Waals surface area contributed by atoms with Crippen LogP contribution < -0.4 is 5.32 Å². The Bertz CT molecular complexity index is 1250. The third-order valence-electron chi connectivity index (χ3n) is 5.29. The predicted octanol–water partition coefficient (Wildman–Crippen LogP) is 3.66. The van der Waals surface area contributed by atoms with E-state index in [1.54, 1.807) is 48.9 Å². The van der Waals surface area contributed by atoms with Crippen molar-refractivity contribution in [2.24, 2.45) is 7.05 Å². The van der Waals surface area contributed by atoms with Gasteiger partial charge in [0.05, 0.1) is 18.0 Å². The van der Waals surface area contributed by atoms with E-state index < -0.39 is 21.1 Å². The van der Waals surface area contributed by atoms with Gasteiger partial charge in [-0.25, -0.2) is 8.42 Å². The summed E-state index contributed by atoms with van der Waals surface area (Å²) in [5.74, 6) is -1.08. The Kier molecular flexibility index (Phi) is 6.43. The molecule has 2 aromatic carbocycles. The van der Waals surface area contributed by atoms with Crippen molar-refractivity contribution in [3.05, 3.63) is 64.8 Å². The first-order valence-corrected chi connectivity index (χ1v) is 11.5. The summed E-state index contributed by atoms with van der Waals surface area (Å²) < 4.78 is 31.4. The van der Waals surface area contributed by atoms with Crippen LogP contribution in [0.15, 0.2) is 53.4 Å². The number of carbonyl (C=O) groups excluding carboxylic acids is 2. The number of nitrogens with zero attached hydrogens (tertiary/aromatic N) is 1. The number of ether oxygens (including phenoxy) is 1. The molecule has 2 unspecified atom stereocenters. The number of amides is 1. The molecule has 1 aromatic heterocycles. The molecule has 0 aliphatic heterocycles. The zero-order valence-electron chi connectivity index (χ0n) is 17.5. The highest BCUT2D eigenvalue weighted by Crippen LogP contribution is 2.24. The molecule has 0 aliphatic rings. The third-order valence-corrected chi connectivity index (χ3v) is 7.58. The summed E-state index contributed by atoms with van der Waals surface area (Å²) in [6.07, 6.45) is 0. The van der Waals surface area contributed by atoms with E-state index in [0.29, 0.717) is 10.7 Å². The van der Waals surface area contributed by atoms with E-state index in [9.17, 15) is 18.0 Å². The van der Waals surface area contributed by atoms with Crippen molar-refractivity contribution >= 4 is 44.2 Å². The molecule has 164 valence electrons. The number of fused-ring (bicyclic) bond motifs is 1. The third kappa shape index (κ3) is 4.45. The molecule has 0 saturated heterocycles. The highest BCUT2D eigenvalue weighted by atomic mass is 35.5. The van der Waals surface area contributed by atoms with Gasteiger partial charge < -0.3 is 14.6 Å². The number of rotatable bonds is 6. The minimum Gasteiger partial charge on any atom is -0.468 e. The van der Waals surface area contributed by atoms with Crippen LogP contribution in [0.25, 0.3) is 10.9 Å². The zero-order valence-corrected chi connectivity index (χ0v) is 19.1. The minimum atomic E-state index is -3.86. The molecule has 9 heteroatoms. The van der Waals surface area contributed by atoms with Gasteiger partial charge in [0.2, 0.25) is 0 Å². The maximum absolute atomic E-state index is 12.8. The van der Waals surface area contributed by atoms with Crippen molar-refractivity contribution in [3.63, 3.8) is 0 Å². The molecule has 7 nitrogen and oxygen atoms in total. The Hall–Kier alpha value is -2.84. The van der Waals surface area contributed by atoms with Crippen LogP contribution >= 0.6 is 11.6 Å². The van der Waals surface area contributed by atoms with Crippen LogP contribution in [-0.2, 0) is 26.4 Å². The molecular weight excluding hydrogens is 440 g/mol. The largest absolute Gasteiger partial charge is 0.468 e. The van der Waals surface area contributed by atoms with Gasteiger partial charge >= 0.3 is 5.97 Å². The molecular formula is C22H23ClN2O5S. The standard InChI is InChI=1S/C22H23ClN2O5S/c1-13(15-5-8-18(9-6-15)31(28,29)14(2)22(27)30-4)24-21(26)20-12-16-11-17(23)7-10-19(16)25(20)3/h5-14H,1-4H3,(H,24,26). The minimum absolute atomic E-state index is 0.0123. The maximum atomic E-state index is 12.8. The van der Waals surface area contributed by atoms with Crippen LogP contribution in [0.3, 0.4) is 0 Å². The fourth-order valence-corrected chi connectivity index (χ4v) is 4.79. The maximum Gasteiger partial charge on any atom is 0.324 e. The smallest absolute Gasteiger partial charge is 0.324 e. The zero-order chi connectivity index (χ0) is 22.9. The molecule has 1 amide bonds. The summed E-state index contributed by atoms with van der Waals surface area (Å²) in [7, 11) is -0.910. The number of carbonyl (C=O) groups is 2. The van der Waals surface area contributed by atoms with Crippen molar-refractivity contribution in [2.45, 2.75) is 30.0 Å². The molecule has 2 atom stereocenters. The first-order valence-electron chi connectivity index (χ1n) is 9.53. The fourth-order valence-electron chi connectivity index (χ4n) is 3.34. The molecule has 1 heterocycles. The van der Waals surface area contributed by atoms with Crippen molar-refractivity contribution in [2.75, 3.05) is 7.11 Å². The second-order valence-corrected chi connectivity index (χ2v) is 9.97. The van der Waals surface area contributed by atoms with E-state index in [1.165, 1.54) is 19.1 Å². The Morgan fingerprint density at radius 2 is 1.71 bits per heavy atom. The lowest BCUT2D eigenvalue weighted by Gasteiger charge is -2.16. The molecule has 3 rings (SSSR count). The summed E-state index contributed by atoms with van der Waals surface area (Å²) in [4.78, 5) is 24.4.